The molecule has 1 aliphatic heterocycles. The van der Waals surface area contributed by atoms with E-state index in [0.29, 0.717) is 18.2 Å². The molecule has 2 heterocycles. The number of nitrogens with one attached hydrogen (secondary N) is 1. The molecule has 142 valence electrons. The molecular formula is C18H32N4O3. The molecule has 25 heavy (non-hydrogen) atoms. The van der Waals surface area contributed by atoms with Gasteiger partial charge in [-0.3, -0.25) is 24.3 Å². The van der Waals surface area contributed by atoms with Crippen LogP contribution in [0, 0.1) is 5.92 Å². The van der Waals surface area contributed by atoms with Crippen LogP contribution in [0.3, 0.4) is 0 Å². The fourth-order valence-corrected chi connectivity index (χ4v) is 3.20. The summed E-state index contributed by atoms with van der Waals surface area (Å²) in [7, 11) is 0. The van der Waals surface area contributed by atoms with Gasteiger partial charge in [-0.15, -0.1) is 0 Å². The van der Waals surface area contributed by atoms with Crippen molar-refractivity contribution in [2.45, 2.75) is 46.1 Å². The Balaban J connectivity index is 1.76. The first-order valence-electron chi connectivity index (χ1n) is 9.39. The van der Waals surface area contributed by atoms with Crippen molar-refractivity contribution in [3.8, 4) is 0 Å². The number of hydrogen-bond acceptors (Lipinski definition) is 4. The van der Waals surface area contributed by atoms with Crippen LogP contribution in [-0.4, -0.2) is 69.9 Å². The van der Waals surface area contributed by atoms with Gasteiger partial charge in [0.1, 0.15) is 0 Å². The van der Waals surface area contributed by atoms with Crippen LogP contribution in [0.15, 0.2) is 10.9 Å². The average molecular weight is 352 g/mol. The third kappa shape index (κ3) is 6.32. The molecular weight excluding hydrogens is 320 g/mol. The van der Waals surface area contributed by atoms with Crippen LogP contribution < -0.4 is 5.56 Å². The number of H-pyrrole nitrogens is 1. The van der Waals surface area contributed by atoms with Crippen molar-refractivity contribution in [2.24, 2.45) is 5.92 Å². The van der Waals surface area contributed by atoms with Crippen molar-refractivity contribution in [3.63, 3.8) is 0 Å². The summed E-state index contributed by atoms with van der Waals surface area (Å²) in [6.45, 7) is 9.35. The highest BCUT2D eigenvalue weighted by Gasteiger charge is 2.21. The number of aromatic nitrogens is 2. The SMILES string of the molecule is CC(C)Cn1[nH]c(CC(=O)N2CCN(CCCCCO)CC2)cc1=O. The molecule has 0 radical (unpaired) electrons. The van der Waals surface area contributed by atoms with Gasteiger partial charge in [0.05, 0.1) is 6.42 Å². The van der Waals surface area contributed by atoms with Gasteiger partial charge < -0.3 is 10.0 Å². The Morgan fingerprint density at radius 3 is 2.56 bits per heavy atom. The van der Waals surface area contributed by atoms with Gasteiger partial charge in [-0.05, 0) is 31.7 Å². The summed E-state index contributed by atoms with van der Waals surface area (Å²) in [5.41, 5.74) is 0.631. The van der Waals surface area contributed by atoms with E-state index in [-0.39, 0.29) is 24.5 Å². The van der Waals surface area contributed by atoms with Gasteiger partial charge in [-0.25, -0.2) is 0 Å². The number of piperazine rings is 1. The highest BCUT2D eigenvalue weighted by Crippen LogP contribution is 2.07. The molecule has 0 spiro atoms. The number of rotatable bonds is 9. The number of unbranched alkanes of at least 4 members (excludes halogenated alkanes) is 2. The molecule has 7 heteroatoms. The zero-order valence-electron chi connectivity index (χ0n) is 15.5. The predicted octanol–water partition coefficient (Wildman–Crippen LogP) is 0.682. The summed E-state index contributed by atoms with van der Waals surface area (Å²) in [5, 5.41) is 11.9. The van der Waals surface area contributed by atoms with Gasteiger partial charge in [0.25, 0.3) is 5.56 Å². The van der Waals surface area contributed by atoms with E-state index in [1.807, 2.05) is 4.90 Å². The lowest BCUT2D eigenvalue weighted by molar-refractivity contribution is -0.132. The summed E-state index contributed by atoms with van der Waals surface area (Å²) in [6.07, 6.45) is 3.28. The van der Waals surface area contributed by atoms with Crippen LogP contribution in [0.1, 0.15) is 38.8 Å². The zero-order valence-corrected chi connectivity index (χ0v) is 15.5. The zero-order chi connectivity index (χ0) is 18.2. The van der Waals surface area contributed by atoms with Gasteiger partial charge in [-0.1, -0.05) is 13.8 Å². The first-order valence-corrected chi connectivity index (χ1v) is 9.39. The molecule has 0 bridgehead atoms. The molecule has 1 aromatic rings. The molecule has 1 amide bonds. The molecule has 7 nitrogen and oxygen atoms in total. The Bertz CT molecular complexity index is 585. The Kier molecular flexibility index (Phi) is 7.71. The summed E-state index contributed by atoms with van der Waals surface area (Å²) in [4.78, 5) is 28.6. The van der Waals surface area contributed by atoms with Crippen LogP contribution in [0.2, 0.25) is 0 Å². The number of hydrogen-bond donors (Lipinski definition) is 2. The van der Waals surface area contributed by atoms with Crippen LogP contribution in [-0.2, 0) is 17.8 Å². The van der Waals surface area contributed by atoms with Gasteiger partial charge in [0, 0.05) is 51.1 Å². The largest absolute Gasteiger partial charge is 0.396 e. The van der Waals surface area contributed by atoms with Crippen LogP contribution in [0.25, 0.3) is 0 Å². The first kappa shape index (κ1) is 19.7. The third-order valence-electron chi connectivity index (χ3n) is 4.59. The highest BCUT2D eigenvalue weighted by atomic mass is 16.3. The standard InChI is InChI=1S/C18H32N4O3/c1-15(2)14-22-18(25)13-16(19-22)12-17(24)21-9-7-20(8-10-21)6-4-3-5-11-23/h13,15,19,23H,3-12,14H2,1-2H3. The van der Waals surface area contributed by atoms with Crippen molar-refractivity contribution >= 4 is 5.91 Å². The van der Waals surface area contributed by atoms with Gasteiger partial charge >= 0.3 is 0 Å². The number of aliphatic hydroxyl groups is 1. The van der Waals surface area contributed by atoms with E-state index < -0.39 is 0 Å². The fraction of sp³-hybridized carbons (Fsp3) is 0.778. The van der Waals surface area contributed by atoms with Gasteiger partial charge in [-0.2, -0.15) is 0 Å². The van der Waals surface area contributed by atoms with Crippen molar-refractivity contribution in [1.82, 2.24) is 19.6 Å². The minimum Gasteiger partial charge on any atom is -0.396 e. The van der Waals surface area contributed by atoms with E-state index in [9.17, 15) is 9.59 Å². The van der Waals surface area contributed by atoms with E-state index in [2.05, 4.69) is 23.8 Å². The number of nitrogens with zero attached hydrogens (tertiary/aromatic N) is 3. The van der Waals surface area contributed by atoms with Crippen molar-refractivity contribution in [3.05, 3.63) is 22.1 Å². The van der Waals surface area contributed by atoms with Gasteiger partial charge in [0.15, 0.2) is 0 Å². The van der Waals surface area contributed by atoms with E-state index in [1.165, 1.54) is 6.07 Å². The molecule has 1 aliphatic rings. The molecule has 1 fully saturated rings. The number of carbonyl (C=O) groups excluding carboxylic acids is 1. The second-order valence-corrected chi connectivity index (χ2v) is 7.31. The number of aromatic amines is 1. The molecule has 2 rings (SSSR count). The minimum atomic E-state index is -0.0656. The summed E-state index contributed by atoms with van der Waals surface area (Å²) < 4.78 is 1.58. The van der Waals surface area contributed by atoms with Crippen molar-refractivity contribution < 1.29 is 9.90 Å². The summed E-state index contributed by atoms with van der Waals surface area (Å²) in [6, 6.07) is 1.54. The second kappa shape index (κ2) is 9.77. The normalized spacial score (nSPS) is 15.9. The fourth-order valence-electron chi connectivity index (χ4n) is 3.20. The van der Waals surface area contributed by atoms with Crippen LogP contribution in [0.5, 0.6) is 0 Å². The summed E-state index contributed by atoms with van der Waals surface area (Å²) >= 11 is 0. The van der Waals surface area contributed by atoms with Gasteiger partial charge in [0.2, 0.25) is 5.91 Å². The lowest BCUT2D eigenvalue weighted by atomic mass is 10.2. The Morgan fingerprint density at radius 1 is 1.20 bits per heavy atom. The maximum atomic E-state index is 12.5. The monoisotopic (exact) mass is 352 g/mol. The lowest BCUT2D eigenvalue weighted by Crippen LogP contribution is -2.49. The van der Waals surface area contributed by atoms with E-state index in [0.717, 1.165) is 52.0 Å². The topological polar surface area (TPSA) is 81.6 Å². The predicted molar refractivity (Wildman–Crippen MR) is 97.6 cm³/mol. The Hall–Kier alpha value is -1.60. The Morgan fingerprint density at radius 2 is 1.92 bits per heavy atom. The van der Waals surface area contributed by atoms with E-state index in [1.54, 1.807) is 4.68 Å². The second-order valence-electron chi connectivity index (χ2n) is 7.31. The third-order valence-corrected chi connectivity index (χ3v) is 4.59. The molecule has 1 saturated heterocycles. The molecule has 1 aromatic heterocycles. The molecule has 0 unspecified atom stereocenters. The Labute approximate surface area is 149 Å². The molecule has 0 aliphatic carbocycles. The van der Waals surface area contributed by atoms with Crippen molar-refractivity contribution in [1.29, 1.82) is 0 Å². The van der Waals surface area contributed by atoms with Crippen LogP contribution >= 0.6 is 0 Å². The van der Waals surface area contributed by atoms with Crippen LogP contribution in [0.4, 0.5) is 0 Å². The molecule has 0 atom stereocenters. The number of carbonyl (C=O) groups is 1. The first-order chi connectivity index (χ1) is 12.0. The molecule has 0 saturated carbocycles. The maximum Gasteiger partial charge on any atom is 0.266 e. The smallest absolute Gasteiger partial charge is 0.266 e. The lowest BCUT2D eigenvalue weighted by Gasteiger charge is -2.34. The highest BCUT2D eigenvalue weighted by molar-refractivity contribution is 5.78. The quantitative estimate of drug-likeness (QED) is 0.641. The number of amides is 1. The minimum absolute atomic E-state index is 0.0656. The molecule has 0 aromatic carbocycles. The maximum absolute atomic E-state index is 12.5. The van der Waals surface area contributed by atoms with E-state index in [4.69, 9.17) is 5.11 Å². The average Bonchev–Trinajstić information content (AvgIpc) is 2.90. The summed E-state index contributed by atoms with van der Waals surface area (Å²) in [5.74, 6) is 0.461. The van der Waals surface area contributed by atoms with Crippen molar-refractivity contribution in [2.75, 3.05) is 39.3 Å². The van der Waals surface area contributed by atoms with E-state index >= 15 is 0 Å². The molecule has 2 N–H and O–H groups in total. The number of aliphatic hydroxyl groups excluding tert-OH is 1.